The number of hydrogen-bond acceptors (Lipinski definition) is 4. The van der Waals surface area contributed by atoms with Gasteiger partial charge >= 0.3 is 5.97 Å². The van der Waals surface area contributed by atoms with E-state index in [4.69, 9.17) is 14.5 Å². The first-order chi connectivity index (χ1) is 9.73. The third-order valence-electron chi connectivity index (χ3n) is 3.81. The van der Waals surface area contributed by atoms with Gasteiger partial charge in [0.05, 0.1) is 29.2 Å². The van der Waals surface area contributed by atoms with Gasteiger partial charge in [0.15, 0.2) is 0 Å². The van der Waals surface area contributed by atoms with Crippen molar-refractivity contribution in [1.82, 2.24) is 4.98 Å². The Kier molecular flexibility index (Phi) is 4.11. The second-order valence-electron chi connectivity index (χ2n) is 6.47. The van der Waals surface area contributed by atoms with Crippen LogP contribution in [0.4, 0.5) is 0 Å². The number of ether oxygens (including phenoxy) is 2. The normalized spacial score (nSPS) is 18.4. The van der Waals surface area contributed by atoms with Crippen LogP contribution in [0.25, 0.3) is 0 Å². The summed E-state index contributed by atoms with van der Waals surface area (Å²) in [6, 6.07) is 1.92. The molecule has 4 nitrogen and oxygen atoms in total. The third kappa shape index (κ3) is 2.82. The number of rotatable bonds is 4. The highest BCUT2D eigenvalue weighted by Crippen LogP contribution is 2.46. The van der Waals surface area contributed by atoms with Crippen LogP contribution in [0.2, 0.25) is 0 Å². The molecule has 0 amide bonds. The van der Waals surface area contributed by atoms with Crippen LogP contribution in [-0.2, 0) is 27.1 Å². The summed E-state index contributed by atoms with van der Waals surface area (Å²) in [6.45, 7) is 12.3. The van der Waals surface area contributed by atoms with E-state index in [1.165, 1.54) is 0 Å². The summed E-state index contributed by atoms with van der Waals surface area (Å²) < 4.78 is 11.3. The maximum absolute atomic E-state index is 12.2. The Morgan fingerprint density at radius 3 is 2.48 bits per heavy atom. The molecule has 0 N–H and O–H groups in total. The summed E-state index contributed by atoms with van der Waals surface area (Å²) in [7, 11) is 0. The fourth-order valence-electron chi connectivity index (χ4n) is 3.02. The zero-order valence-corrected chi connectivity index (χ0v) is 13.9. The van der Waals surface area contributed by atoms with E-state index in [0.717, 1.165) is 29.8 Å². The molecule has 0 saturated carbocycles. The summed E-state index contributed by atoms with van der Waals surface area (Å²) in [5, 5.41) is 0. The van der Waals surface area contributed by atoms with Gasteiger partial charge in [0.1, 0.15) is 5.60 Å². The number of aromatic nitrogens is 1. The van der Waals surface area contributed by atoms with Crippen LogP contribution in [0.3, 0.4) is 0 Å². The van der Waals surface area contributed by atoms with Gasteiger partial charge in [-0.05, 0) is 47.1 Å². The van der Waals surface area contributed by atoms with Crippen LogP contribution in [0, 0.1) is 0 Å². The van der Waals surface area contributed by atoms with Gasteiger partial charge in [-0.15, -0.1) is 0 Å². The molecule has 1 aliphatic heterocycles. The first-order valence-corrected chi connectivity index (χ1v) is 7.65. The van der Waals surface area contributed by atoms with Crippen LogP contribution >= 0.6 is 0 Å². The Morgan fingerprint density at radius 1 is 1.24 bits per heavy atom. The number of carbonyl (C=O) groups excluding carboxylic acids is 1. The number of hydrogen-bond donors (Lipinski definition) is 0. The Morgan fingerprint density at radius 2 is 1.90 bits per heavy atom. The molecule has 0 bridgehead atoms. The molecular formula is C17H25NO3. The van der Waals surface area contributed by atoms with Crippen LogP contribution in [0.1, 0.15) is 75.3 Å². The van der Waals surface area contributed by atoms with Gasteiger partial charge in [0.2, 0.25) is 0 Å². The fraction of sp³-hybridized carbons (Fsp3) is 0.647. The van der Waals surface area contributed by atoms with Gasteiger partial charge in [-0.3, -0.25) is 4.98 Å². The van der Waals surface area contributed by atoms with E-state index < -0.39 is 11.2 Å². The smallest absolute Gasteiger partial charge is 0.339 e. The number of carbonyl (C=O) groups is 1. The maximum Gasteiger partial charge on any atom is 0.339 e. The highest BCUT2D eigenvalue weighted by molar-refractivity contribution is 5.91. The molecule has 0 unspecified atom stereocenters. The predicted octanol–water partition coefficient (Wildman–Crippen LogP) is 3.71. The molecule has 1 aliphatic rings. The van der Waals surface area contributed by atoms with Gasteiger partial charge in [-0.2, -0.15) is 0 Å². The lowest BCUT2D eigenvalue weighted by Gasteiger charge is -2.24. The van der Waals surface area contributed by atoms with Gasteiger partial charge in [0.25, 0.3) is 0 Å². The van der Waals surface area contributed by atoms with Gasteiger partial charge in [-0.1, -0.05) is 13.3 Å². The van der Waals surface area contributed by atoms with Crippen molar-refractivity contribution >= 4 is 5.97 Å². The molecule has 0 atom stereocenters. The third-order valence-corrected chi connectivity index (χ3v) is 3.81. The monoisotopic (exact) mass is 291 g/mol. The zero-order valence-electron chi connectivity index (χ0n) is 13.9. The fourth-order valence-corrected chi connectivity index (χ4v) is 3.02. The zero-order chi connectivity index (χ0) is 15.8. The quantitative estimate of drug-likeness (QED) is 0.793. The van der Waals surface area contributed by atoms with Gasteiger partial charge in [-0.25, -0.2) is 4.79 Å². The molecule has 1 aromatic rings. The number of fused-ring (bicyclic) bond motifs is 1. The van der Waals surface area contributed by atoms with E-state index in [-0.39, 0.29) is 5.97 Å². The van der Waals surface area contributed by atoms with E-state index in [1.807, 2.05) is 40.7 Å². The van der Waals surface area contributed by atoms with Gasteiger partial charge < -0.3 is 9.47 Å². The Balaban J connectivity index is 2.61. The summed E-state index contributed by atoms with van der Waals surface area (Å²) in [4.78, 5) is 17.0. The Hall–Kier alpha value is -1.42. The minimum atomic E-state index is -0.447. The molecule has 1 aromatic heterocycles. The standard InChI is InChI=1S/C17H25NO3/c1-7-9-13-11(15(19)20-8-2)10-12-14(18-13)17(5,6)21-16(12,3)4/h10H,7-9H2,1-6H3. The summed E-state index contributed by atoms with van der Waals surface area (Å²) in [6.07, 6.45) is 1.70. The van der Waals surface area contributed by atoms with Crippen molar-refractivity contribution in [3.8, 4) is 0 Å². The van der Waals surface area contributed by atoms with Crippen molar-refractivity contribution in [3.05, 3.63) is 28.6 Å². The van der Waals surface area contributed by atoms with Crippen LogP contribution in [-0.4, -0.2) is 17.6 Å². The molecule has 0 saturated heterocycles. The number of nitrogens with zero attached hydrogens (tertiary/aromatic N) is 1. The highest BCUT2D eigenvalue weighted by atomic mass is 16.5. The average Bonchev–Trinajstić information content (AvgIpc) is 2.54. The van der Waals surface area contributed by atoms with E-state index in [1.54, 1.807) is 0 Å². The van der Waals surface area contributed by atoms with E-state index in [0.29, 0.717) is 12.2 Å². The van der Waals surface area contributed by atoms with Crippen molar-refractivity contribution in [2.45, 2.75) is 65.6 Å². The minimum absolute atomic E-state index is 0.295. The first-order valence-electron chi connectivity index (χ1n) is 7.65. The molecule has 0 aromatic carbocycles. The predicted molar refractivity (Wildman–Crippen MR) is 81.3 cm³/mol. The SMILES string of the molecule is CCCc1nc2c(cc1C(=O)OCC)C(C)(C)OC2(C)C. The Labute approximate surface area is 126 Å². The van der Waals surface area contributed by atoms with Crippen molar-refractivity contribution < 1.29 is 14.3 Å². The second kappa shape index (κ2) is 5.41. The molecule has 4 heteroatoms. The summed E-state index contributed by atoms with van der Waals surface area (Å²) >= 11 is 0. The van der Waals surface area contributed by atoms with Crippen LogP contribution < -0.4 is 0 Å². The van der Waals surface area contributed by atoms with Crippen molar-refractivity contribution in [1.29, 1.82) is 0 Å². The number of esters is 1. The van der Waals surface area contributed by atoms with Gasteiger partial charge in [0, 0.05) is 5.56 Å². The minimum Gasteiger partial charge on any atom is -0.462 e. The maximum atomic E-state index is 12.2. The molecule has 0 fully saturated rings. The summed E-state index contributed by atoms with van der Waals surface area (Å²) in [5.41, 5.74) is 2.42. The molecule has 0 radical (unpaired) electrons. The molecule has 0 aliphatic carbocycles. The van der Waals surface area contributed by atoms with Crippen LogP contribution in [0.15, 0.2) is 6.07 Å². The lowest BCUT2D eigenvalue weighted by Crippen LogP contribution is -2.22. The molecule has 0 spiro atoms. The van der Waals surface area contributed by atoms with E-state index in [2.05, 4.69) is 6.92 Å². The molecule has 2 heterocycles. The summed E-state index contributed by atoms with van der Waals surface area (Å²) in [5.74, 6) is -0.295. The highest BCUT2D eigenvalue weighted by Gasteiger charge is 2.45. The topological polar surface area (TPSA) is 48.4 Å². The molecule has 21 heavy (non-hydrogen) atoms. The van der Waals surface area contributed by atoms with Crippen molar-refractivity contribution in [2.24, 2.45) is 0 Å². The number of pyridine rings is 1. The first kappa shape index (κ1) is 16.0. The second-order valence-corrected chi connectivity index (χ2v) is 6.47. The molecule has 2 rings (SSSR count). The van der Waals surface area contributed by atoms with E-state index in [9.17, 15) is 4.79 Å². The number of aryl methyl sites for hydroxylation is 1. The van der Waals surface area contributed by atoms with Crippen molar-refractivity contribution in [3.63, 3.8) is 0 Å². The lowest BCUT2D eigenvalue weighted by molar-refractivity contribution is -0.106. The average molecular weight is 291 g/mol. The molecular weight excluding hydrogens is 266 g/mol. The van der Waals surface area contributed by atoms with Crippen LogP contribution in [0.5, 0.6) is 0 Å². The largest absolute Gasteiger partial charge is 0.462 e. The van der Waals surface area contributed by atoms with E-state index >= 15 is 0 Å². The molecule has 116 valence electrons. The van der Waals surface area contributed by atoms with Crippen molar-refractivity contribution in [2.75, 3.05) is 6.61 Å². The Bertz CT molecular complexity index is 561. The lowest BCUT2D eigenvalue weighted by atomic mass is 9.92.